The van der Waals surface area contributed by atoms with Gasteiger partial charge < -0.3 is 0 Å². The Bertz CT molecular complexity index is 125. The van der Waals surface area contributed by atoms with E-state index in [2.05, 4.69) is 11.8 Å². The van der Waals surface area contributed by atoms with Gasteiger partial charge in [-0.15, -0.1) is 17.5 Å². The number of unbranched alkanes of at least 4 members (excludes halogenated alkanes) is 1. The molecule has 1 saturated carbocycles. The van der Waals surface area contributed by atoms with Crippen molar-refractivity contribution in [3.05, 3.63) is 0 Å². The molecule has 9 heavy (non-hydrogen) atoms. The van der Waals surface area contributed by atoms with Crippen LogP contribution in [0.2, 0.25) is 0 Å². The Kier molecular flexibility index (Phi) is 2.94. The maximum Gasteiger partial charge on any atom is 0.0232 e. The lowest BCUT2D eigenvalue weighted by atomic mass is 10.3. The molecule has 0 spiro atoms. The van der Waals surface area contributed by atoms with Gasteiger partial charge in [-0.2, -0.15) is 0 Å². The zero-order valence-corrected chi connectivity index (χ0v) is 6.25. The smallest absolute Gasteiger partial charge is 0.0232 e. The Labute approximate surface area is 61.6 Å². The fourth-order valence-electron chi connectivity index (χ4n) is 0.599. The van der Waals surface area contributed by atoms with Gasteiger partial charge in [0, 0.05) is 18.2 Å². The topological polar surface area (TPSA) is 0 Å². The van der Waals surface area contributed by atoms with Crippen LogP contribution in [-0.2, 0) is 0 Å². The van der Waals surface area contributed by atoms with Gasteiger partial charge in [0.05, 0.1) is 0 Å². The van der Waals surface area contributed by atoms with Gasteiger partial charge in [0.2, 0.25) is 0 Å². The van der Waals surface area contributed by atoms with Crippen LogP contribution < -0.4 is 0 Å². The van der Waals surface area contributed by atoms with Crippen LogP contribution in [0.1, 0.15) is 25.7 Å². The van der Waals surface area contributed by atoms with E-state index in [1.807, 2.05) is 0 Å². The SMILES string of the molecule is ClCCCC#CC1CC1. The molecule has 0 aliphatic heterocycles. The summed E-state index contributed by atoms with van der Waals surface area (Å²) in [5, 5.41) is 0. The van der Waals surface area contributed by atoms with Crippen molar-refractivity contribution < 1.29 is 0 Å². The highest BCUT2D eigenvalue weighted by molar-refractivity contribution is 6.17. The Balaban J connectivity index is 1.96. The minimum Gasteiger partial charge on any atom is -0.127 e. The molecule has 0 heterocycles. The molecule has 1 rings (SSSR count). The van der Waals surface area contributed by atoms with E-state index in [0.717, 1.165) is 24.6 Å². The van der Waals surface area contributed by atoms with E-state index < -0.39 is 0 Å². The highest BCUT2D eigenvalue weighted by atomic mass is 35.5. The van der Waals surface area contributed by atoms with Crippen LogP contribution in [0.4, 0.5) is 0 Å². The molecule has 0 saturated heterocycles. The van der Waals surface area contributed by atoms with E-state index in [0.29, 0.717) is 0 Å². The summed E-state index contributed by atoms with van der Waals surface area (Å²) in [5.74, 6) is 7.80. The third-order valence-corrected chi connectivity index (χ3v) is 1.59. The van der Waals surface area contributed by atoms with Crippen LogP contribution in [0.25, 0.3) is 0 Å². The first-order chi connectivity index (χ1) is 4.43. The quantitative estimate of drug-likeness (QED) is 0.316. The normalized spacial score (nSPS) is 16.6. The summed E-state index contributed by atoms with van der Waals surface area (Å²) in [5.41, 5.74) is 0. The molecular formula is C8H11Cl. The van der Waals surface area contributed by atoms with E-state index in [1.54, 1.807) is 0 Å². The van der Waals surface area contributed by atoms with Crippen molar-refractivity contribution in [2.45, 2.75) is 25.7 Å². The number of hydrogen-bond donors (Lipinski definition) is 0. The first-order valence-electron chi connectivity index (χ1n) is 3.48. The maximum absolute atomic E-state index is 5.46. The van der Waals surface area contributed by atoms with Crippen molar-refractivity contribution in [1.82, 2.24) is 0 Å². The molecule has 1 aliphatic carbocycles. The second-order valence-corrected chi connectivity index (χ2v) is 2.77. The van der Waals surface area contributed by atoms with Gasteiger partial charge in [-0.3, -0.25) is 0 Å². The van der Waals surface area contributed by atoms with Crippen LogP contribution in [0.5, 0.6) is 0 Å². The largest absolute Gasteiger partial charge is 0.127 e. The van der Waals surface area contributed by atoms with Crippen LogP contribution in [0, 0.1) is 17.8 Å². The summed E-state index contributed by atoms with van der Waals surface area (Å²) < 4.78 is 0. The standard InChI is InChI=1S/C8H11Cl/c9-7-3-1-2-4-8-5-6-8/h8H,1,3,5-7H2. The van der Waals surface area contributed by atoms with Crippen LogP contribution in [0.3, 0.4) is 0 Å². The molecule has 0 N–H and O–H groups in total. The first-order valence-corrected chi connectivity index (χ1v) is 4.01. The number of halogens is 1. The lowest BCUT2D eigenvalue weighted by Crippen LogP contribution is -1.71. The molecule has 0 unspecified atom stereocenters. The fraction of sp³-hybridized carbons (Fsp3) is 0.750. The number of rotatable bonds is 2. The van der Waals surface area contributed by atoms with Gasteiger partial charge in [-0.1, -0.05) is 5.92 Å². The molecule has 50 valence electrons. The highest BCUT2D eigenvalue weighted by Crippen LogP contribution is 2.27. The minimum absolute atomic E-state index is 0.749. The Morgan fingerprint density at radius 1 is 1.44 bits per heavy atom. The molecular weight excluding hydrogens is 132 g/mol. The Morgan fingerprint density at radius 2 is 2.22 bits per heavy atom. The molecule has 0 aromatic heterocycles. The molecule has 0 atom stereocenters. The molecule has 0 bridgehead atoms. The molecule has 0 amide bonds. The zero-order valence-electron chi connectivity index (χ0n) is 5.49. The van der Waals surface area contributed by atoms with Crippen LogP contribution in [-0.4, -0.2) is 5.88 Å². The summed E-state index contributed by atoms with van der Waals surface area (Å²) in [4.78, 5) is 0. The fourth-order valence-corrected chi connectivity index (χ4v) is 0.733. The third kappa shape index (κ3) is 3.43. The van der Waals surface area contributed by atoms with Crippen LogP contribution in [0.15, 0.2) is 0 Å². The number of hydrogen-bond acceptors (Lipinski definition) is 0. The van der Waals surface area contributed by atoms with E-state index in [4.69, 9.17) is 11.6 Å². The van der Waals surface area contributed by atoms with E-state index >= 15 is 0 Å². The van der Waals surface area contributed by atoms with Crippen molar-refractivity contribution >= 4 is 11.6 Å². The molecule has 1 heteroatoms. The average molecular weight is 143 g/mol. The zero-order chi connectivity index (χ0) is 6.53. The Morgan fingerprint density at radius 3 is 2.78 bits per heavy atom. The molecule has 1 aliphatic rings. The van der Waals surface area contributed by atoms with Crippen molar-refractivity contribution in [2.24, 2.45) is 5.92 Å². The third-order valence-electron chi connectivity index (χ3n) is 1.32. The van der Waals surface area contributed by atoms with Gasteiger partial charge >= 0.3 is 0 Å². The second kappa shape index (κ2) is 3.80. The van der Waals surface area contributed by atoms with Crippen molar-refractivity contribution in [2.75, 3.05) is 5.88 Å². The summed E-state index contributed by atoms with van der Waals surface area (Å²) in [6, 6.07) is 0. The maximum atomic E-state index is 5.46. The summed E-state index contributed by atoms with van der Waals surface area (Å²) in [6.45, 7) is 0. The van der Waals surface area contributed by atoms with Gasteiger partial charge in [0.25, 0.3) is 0 Å². The summed E-state index contributed by atoms with van der Waals surface area (Å²) in [7, 11) is 0. The predicted octanol–water partition coefficient (Wildman–Crippen LogP) is 2.42. The lowest BCUT2D eigenvalue weighted by Gasteiger charge is -1.80. The van der Waals surface area contributed by atoms with Crippen LogP contribution >= 0.6 is 11.6 Å². The summed E-state index contributed by atoms with van der Waals surface area (Å²) >= 11 is 5.46. The predicted molar refractivity (Wildman–Crippen MR) is 40.5 cm³/mol. The first kappa shape index (κ1) is 6.96. The highest BCUT2D eigenvalue weighted by Gasteiger charge is 2.17. The van der Waals surface area contributed by atoms with Crippen molar-refractivity contribution in [3.63, 3.8) is 0 Å². The second-order valence-electron chi connectivity index (χ2n) is 2.39. The Hall–Kier alpha value is -0.150. The molecule has 0 aromatic rings. The van der Waals surface area contributed by atoms with Gasteiger partial charge in [-0.25, -0.2) is 0 Å². The van der Waals surface area contributed by atoms with E-state index in [-0.39, 0.29) is 0 Å². The van der Waals surface area contributed by atoms with Crippen molar-refractivity contribution in [3.8, 4) is 11.8 Å². The van der Waals surface area contributed by atoms with Gasteiger partial charge in [0.15, 0.2) is 0 Å². The van der Waals surface area contributed by atoms with Gasteiger partial charge in [0.1, 0.15) is 0 Å². The van der Waals surface area contributed by atoms with E-state index in [1.165, 1.54) is 12.8 Å². The molecule has 0 aromatic carbocycles. The van der Waals surface area contributed by atoms with Gasteiger partial charge in [-0.05, 0) is 19.3 Å². The molecule has 1 fully saturated rings. The van der Waals surface area contributed by atoms with Crippen molar-refractivity contribution in [1.29, 1.82) is 0 Å². The average Bonchev–Trinajstić information content (AvgIpc) is 2.63. The molecule has 0 nitrogen and oxygen atoms in total. The monoisotopic (exact) mass is 142 g/mol. The molecule has 0 radical (unpaired) electrons. The minimum atomic E-state index is 0.749. The number of alkyl halides is 1. The summed E-state index contributed by atoms with van der Waals surface area (Å²) in [6.07, 6.45) is 4.68. The lowest BCUT2D eigenvalue weighted by molar-refractivity contribution is 0.987. The van der Waals surface area contributed by atoms with E-state index in [9.17, 15) is 0 Å².